The molecule has 3 rings (SSSR count). The lowest BCUT2D eigenvalue weighted by atomic mass is 10.0. The minimum absolute atomic E-state index is 0.263. The average molecular weight is 325 g/mol. The zero-order valence-electron chi connectivity index (χ0n) is 14.2. The lowest BCUT2D eigenvalue weighted by Gasteiger charge is -2.11. The van der Waals surface area contributed by atoms with Gasteiger partial charge in [0.05, 0.1) is 6.10 Å². The molecule has 1 aromatic heterocycles. The van der Waals surface area contributed by atoms with Crippen LogP contribution < -0.4 is 10.9 Å². The second-order valence-electron chi connectivity index (χ2n) is 6.20. The number of hydrogen-bond acceptors (Lipinski definition) is 4. The van der Waals surface area contributed by atoms with Crippen LogP contribution in [0.4, 0.5) is 0 Å². The Labute approximate surface area is 141 Å². The Hall–Kier alpha value is -2.17. The summed E-state index contributed by atoms with van der Waals surface area (Å²) in [5.74, 6) is 0. The first-order valence-electron chi connectivity index (χ1n) is 8.42. The molecule has 0 saturated heterocycles. The van der Waals surface area contributed by atoms with Crippen molar-refractivity contribution in [3.8, 4) is 0 Å². The van der Waals surface area contributed by atoms with E-state index in [4.69, 9.17) is 9.15 Å². The van der Waals surface area contributed by atoms with Gasteiger partial charge in [-0.15, -0.1) is 0 Å². The molecule has 0 aliphatic heterocycles. The molecule has 126 valence electrons. The zero-order chi connectivity index (χ0) is 16.9. The second-order valence-corrected chi connectivity index (χ2v) is 6.20. The molecule has 1 heterocycles. The van der Waals surface area contributed by atoms with Gasteiger partial charge in [0.25, 0.3) is 0 Å². The maximum absolute atomic E-state index is 11.8. The predicted molar refractivity (Wildman–Crippen MR) is 97.4 cm³/mol. The summed E-state index contributed by atoms with van der Waals surface area (Å²) < 4.78 is 10.9. The fraction of sp³-hybridized carbons (Fsp3) is 0.350. The van der Waals surface area contributed by atoms with E-state index >= 15 is 0 Å². The third-order valence-corrected chi connectivity index (χ3v) is 3.98. The molecule has 0 spiro atoms. The van der Waals surface area contributed by atoms with Crippen molar-refractivity contribution in [1.82, 2.24) is 5.32 Å². The molecule has 2 aromatic carbocycles. The molecule has 4 nitrogen and oxygen atoms in total. The fourth-order valence-electron chi connectivity index (χ4n) is 2.90. The van der Waals surface area contributed by atoms with Gasteiger partial charge in [0, 0.05) is 24.6 Å². The first-order valence-corrected chi connectivity index (χ1v) is 8.42. The van der Waals surface area contributed by atoms with Crippen molar-refractivity contribution >= 4 is 21.7 Å². The van der Waals surface area contributed by atoms with Gasteiger partial charge in [0.1, 0.15) is 5.58 Å². The Morgan fingerprint density at radius 2 is 2.00 bits per heavy atom. The Bertz CT molecular complexity index is 883. The molecule has 0 radical (unpaired) electrons. The van der Waals surface area contributed by atoms with Crippen molar-refractivity contribution in [2.75, 3.05) is 13.2 Å². The Morgan fingerprint density at radius 1 is 1.17 bits per heavy atom. The van der Waals surface area contributed by atoms with E-state index in [9.17, 15) is 4.79 Å². The molecule has 0 amide bonds. The average Bonchev–Trinajstić information content (AvgIpc) is 2.57. The van der Waals surface area contributed by atoms with E-state index in [1.54, 1.807) is 6.07 Å². The van der Waals surface area contributed by atoms with Gasteiger partial charge in [0.2, 0.25) is 0 Å². The number of fused-ring (bicyclic) bond motifs is 3. The smallest absolute Gasteiger partial charge is 0.336 e. The van der Waals surface area contributed by atoms with Gasteiger partial charge in [-0.1, -0.05) is 30.3 Å². The van der Waals surface area contributed by atoms with Gasteiger partial charge >= 0.3 is 5.63 Å². The van der Waals surface area contributed by atoms with Gasteiger partial charge in [-0.05, 0) is 49.2 Å². The van der Waals surface area contributed by atoms with E-state index in [-0.39, 0.29) is 11.7 Å². The fourth-order valence-corrected chi connectivity index (χ4v) is 2.90. The van der Waals surface area contributed by atoms with E-state index in [0.717, 1.165) is 41.3 Å². The molecule has 0 unspecified atom stereocenters. The van der Waals surface area contributed by atoms with Gasteiger partial charge in [-0.3, -0.25) is 0 Å². The second kappa shape index (κ2) is 7.60. The van der Waals surface area contributed by atoms with Crippen LogP contribution >= 0.6 is 0 Å². The van der Waals surface area contributed by atoms with Gasteiger partial charge in [-0.2, -0.15) is 0 Å². The van der Waals surface area contributed by atoms with Crippen LogP contribution in [0, 0.1) is 0 Å². The molecule has 0 aliphatic carbocycles. The topological polar surface area (TPSA) is 51.5 Å². The largest absolute Gasteiger partial charge is 0.423 e. The first-order chi connectivity index (χ1) is 11.6. The SMILES string of the molecule is CC(C)OCCCNCc1cc(=O)oc2ccc3ccccc3c12. The summed E-state index contributed by atoms with van der Waals surface area (Å²) in [7, 11) is 0. The van der Waals surface area contributed by atoms with Gasteiger partial charge in [-0.25, -0.2) is 4.79 Å². The van der Waals surface area contributed by atoms with Crippen molar-refractivity contribution in [3.63, 3.8) is 0 Å². The zero-order valence-corrected chi connectivity index (χ0v) is 14.2. The molecule has 3 aromatic rings. The van der Waals surface area contributed by atoms with Gasteiger partial charge in [0.15, 0.2) is 0 Å². The van der Waals surface area contributed by atoms with Crippen molar-refractivity contribution < 1.29 is 9.15 Å². The maximum atomic E-state index is 11.8. The summed E-state index contributed by atoms with van der Waals surface area (Å²) in [5, 5.41) is 6.67. The molecular formula is C20H23NO3. The van der Waals surface area contributed by atoms with Gasteiger partial charge < -0.3 is 14.5 Å². The van der Waals surface area contributed by atoms with Crippen molar-refractivity contribution in [3.05, 3.63) is 58.4 Å². The molecule has 0 aliphatic rings. The van der Waals surface area contributed by atoms with Crippen LogP contribution in [-0.4, -0.2) is 19.3 Å². The summed E-state index contributed by atoms with van der Waals surface area (Å²) in [5.41, 5.74) is 1.31. The minimum Gasteiger partial charge on any atom is -0.423 e. The number of nitrogens with one attached hydrogen (secondary N) is 1. The number of benzene rings is 2. The Balaban J connectivity index is 1.81. The first kappa shape index (κ1) is 16.7. The van der Waals surface area contributed by atoms with Crippen molar-refractivity contribution in [1.29, 1.82) is 0 Å². The van der Waals surface area contributed by atoms with Crippen LogP contribution in [0.2, 0.25) is 0 Å². The molecule has 0 bridgehead atoms. The summed E-state index contributed by atoms with van der Waals surface area (Å²) in [6, 6.07) is 13.6. The highest BCUT2D eigenvalue weighted by Crippen LogP contribution is 2.27. The highest BCUT2D eigenvalue weighted by molar-refractivity contribution is 6.07. The molecule has 0 atom stereocenters. The standard InChI is InChI=1S/C20H23NO3/c1-14(2)23-11-5-10-21-13-16-12-19(22)24-18-9-8-15-6-3-4-7-17(15)20(16)18/h3-4,6-9,12,14,21H,5,10-11,13H2,1-2H3. The summed E-state index contributed by atoms with van der Waals surface area (Å²) >= 11 is 0. The van der Waals surface area contributed by atoms with Crippen molar-refractivity contribution in [2.24, 2.45) is 0 Å². The summed E-state index contributed by atoms with van der Waals surface area (Å²) in [6.45, 7) is 6.30. The highest BCUT2D eigenvalue weighted by Gasteiger charge is 2.09. The number of rotatable bonds is 7. The monoisotopic (exact) mass is 325 g/mol. The van der Waals surface area contributed by atoms with E-state index in [2.05, 4.69) is 17.4 Å². The normalized spacial score (nSPS) is 11.6. The Morgan fingerprint density at radius 3 is 2.83 bits per heavy atom. The number of ether oxygens (including phenoxy) is 1. The van der Waals surface area contributed by atoms with Crippen LogP contribution in [0.5, 0.6) is 0 Å². The van der Waals surface area contributed by atoms with E-state index in [1.165, 1.54) is 0 Å². The molecule has 0 fully saturated rings. The van der Waals surface area contributed by atoms with Crippen LogP contribution in [0.15, 0.2) is 51.7 Å². The molecule has 24 heavy (non-hydrogen) atoms. The van der Waals surface area contributed by atoms with Crippen molar-refractivity contribution in [2.45, 2.75) is 32.9 Å². The summed E-state index contributed by atoms with van der Waals surface area (Å²) in [6.07, 6.45) is 1.21. The lowest BCUT2D eigenvalue weighted by molar-refractivity contribution is 0.0770. The summed E-state index contributed by atoms with van der Waals surface area (Å²) in [4.78, 5) is 11.8. The van der Waals surface area contributed by atoms with Crippen LogP contribution in [0.3, 0.4) is 0 Å². The molecule has 4 heteroatoms. The minimum atomic E-state index is -0.308. The van der Waals surface area contributed by atoms with Crippen LogP contribution in [-0.2, 0) is 11.3 Å². The predicted octanol–water partition coefficient (Wildman–Crippen LogP) is 3.85. The van der Waals surface area contributed by atoms with E-state index < -0.39 is 0 Å². The van der Waals surface area contributed by atoms with E-state index in [0.29, 0.717) is 12.1 Å². The molecular weight excluding hydrogens is 302 g/mol. The third kappa shape index (κ3) is 3.83. The highest BCUT2D eigenvalue weighted by atomic mass is 16.5. The molecule has 0 saturated carbocycles. The molecule has 1 N–H and O–H groups in total. The quantitative estimate of drug-likeness (QED) is 0.407. The maximum Gasteiger partial charge on any atom is 0.336 e. The van der Waals surface area contributed by atoms with E-state index in [1.807, 2.05) is 38.1 Å². The van der Waals surface area contributed by atoms with Crippen LogP contribution in [0.1, 0.15) is 25.8 Å². The van der Waals surface area contributed by atoms with Crippen LogP contribution in [0.25, 0.3) is 21.7 Å². The lowest BCUT2D eigenvalue weighted by Crippen LogP contribution is -2.18. The number of hydrogen-bond donors (Lipinski definition) is 1. The third-order valence-electron chi connectivity index (χ3n) is 3.98. The Kier molecular flexibility index (Phi) is 5.28.